The molecule has 0 saturated heterocycles. The van der Waals surface area contributed by atoms with Crippen molar-refractivity contribution in [2.75, 3.05) is 7.11 Å². The number of oxime groups is 1. The zero-order chi connectivity index (χ0) is 10.3. The summed E-state index contributed by atoms with van der Waals surface area (Å²) in [6, 6.07) is 0. The lowest BCUT2D eigenvalue weighted by molar-refractivity contribution is -0.113. The molecule has 2 bridgehead atoms. The van der Waals surface area contributed by atoms with E-state index in [1.54, 1.807) is 7.11 Å². The molecule has 0 aliphatic heterocycles. The Morgan fingerprint density at radius 2 is 2.21 bits per heavy atom. The van der Waals surface area contributed by atoms with Crippen molar-refractivity contribution in [3.63, 3.8) is 0 Å². The first kappa shape index (κ1) is 9.69. The lowest BCUT2D eigenvalue weighted by atomic mass is 9.46. The molecule has 3 unspecified atom stereocenters. The Morgan fingerprint density at radius 3 is 2.71 bits per heavy atom. The van der Waals surface area contributed by atoms with Crippen LogP contribution in [0.3, 0.4) is 0 Å². The molecule has 3 aliphatic rings. The third kappa shape index (κ3) is 1.11. The van der Waals surface area contributed by atoms with Gasteiger partial charge in [0.15, 0.2) is 0 Å². The maximum atomic E-state index is 10.9. The lowest BCUT2D eigenvalue weighted by Crippen LogP contribution is -2.56. The van der Waals surface area contributed by atoms with Gasteiger partial charge < -0.3 is 9.63 Å². The molecule has 0 aromatic carbocycles. The van der Waals surface area contributed by atoms with Crippen molar-refractivity contribution >= 4 is 12.0 Å². The first-order chi connectivity index (χ1) is 6.61. The fraction of sp³-hybridized carbons (Fsp3) is 0.818. The molecular weight excluding hydrogens is 178 g/mol. The summed E-state index contributed by atoms with van der Waals surface area (Å²) < 4.78 is 0. The van der Waals surface area contributed by atoms with E-state index in [-0.39, 0.29) is 5.92 Å². The molecule has 0 aromatic heterocycles. The van der Waals surface area contributed by atoms with Gasteiger partial charge in [0.1, 0.15) is 13.4 Å². The molecule has 3 aliphatic carbocycles. The molecule has 0 radical (unpaired) electrons. The molecule has 3 fully saturated rings. The summed E-state index contributed by atoms with van der Waals surface area (Å²) in [6.45, 7) is 4.52. The van der Waals surface area contributed by atoms with Crippen LogP contribution in [0.5, 0.6) is 0 Å². The first-order valence-electron chi connectivity index (χ1n) is 5.17. The Bertz CT molecular complexity index is 283. The van der Waals surface area contributed by atoms with Crippen molar-refractivity contribution in [1.29, 1.82) is 0 Å². The Morgan fingerprint density at radius 1 is 1.50 bits per heavy atom. The zero-order valence-corrected chi connectivity index (χ0v) is 8.99. The largest absolute Gasteiger partial charge is 0.399 e. The van der Waals surface area contributed by atoms with E-state index in [4.69, 9.17) is 4.84 Å². The Labute approximate surface area is 84.5 Å². The Balaban J connectivity index is 2.26. The molecule has 0 heterocycles. The van der Waals surface area contributed by atoms with Crippen LogP contribution in [0.2, 0.25) is 0 Å². The molecule has 0 aromatic rings. The molecule has 0 N–H and O–H groups in total. The van der Waals surface area contributed by atoms with E-state index in [2.05, 4.69) is 19.0 Å². The molecule has 0 spiro atoms. The highest BCUT2D eigenvalue weighted by molar-refractivity contribution is 6.00. The quantitative estimate of drug-likeness (QED) is 0.498. The van der Waals surface area contributed by atoms with Crippen molar-refractivity contribution in [2.24, 2.45) is 28.3 Å². The van der Waals surface area contributed by atoms with Crippen LogP contribution in [-0.4, -0.2) is 19.1 Å². The van der Waals surface area contributed by atoms with E-state index in [0.29, 0.717) is 17.3 Å². The molecule has 3 saturated carbocycles. The van der Waals surface area contributed by atoms with Crippen molar-refractivity contribution in [2.45, 2.75) is 26.7 Å². The minimum atomic E-state index is 0.00623. The molecule has 0 amide bonds. The minimum absolute atomic E-state index is 0.00623. The summed E-state index contributed by atoms with van der Waals surface area (Å²) in [5.41, 5.74) is 1.28. The van der Waals surface area contributed by atoms with E-state index >= 15 is 0 Å². The molecule has 3 rings (SSSR count). The second-order valence-corrected chi connectivity index (χ2v) is 4.98. The van der Waals surface area contributed by atoms with Crippen LogP contribution in [0.1, 0.15) is 26.7 Å². The van der Waals surface area contributed by atoms with Crippen molar-refractivity contribution in [3.8, 4) is 0 Å². The highest BCUT2D eigenvalue weighted by Crippen LogP contribution is 2.59. The monoisotopic (exact) mass is 195 g/mol. The maximum absolute atomic E-state index is 10.9. The number of nitrogens with zero attached hydrogens (tertiary/aromatic N) is 1. The summed E-state index contributed by atoms with van der Waals surface area (Å²) >= 11 is 0. The summed E-state index contributed by atoms with van der Waals surface area (Å²) in [5.74, 6) is 1.15. The molecule has 14 heavy (non-hydrogen) atoms. The normalized spacial score (nSPS) is 41.6. The third-order valence-electron chi connectivity index (χ3n) is 4.11. The summed E-state index contributed by atoms with van der Waals surface area (Å²) in [7, 11) is 1.55. The molecule has 3 nitrogen and oxygen atoms in total. The van der Waals surface area contributed by atoms with E-state index < -0.39 is 0 Å². The number of carbonyl (C=O) groups is 1. The van der Waals surface area contributed by atoms with Crippen LogP contribution in [0.15, 0.2) is 5.16 Å². The van der Waals surface area contributed by atoms with Crippen LogP contribution in [0, 0.1) is 23.2 Å². The van der Waals surface area contributed by atoms with Gasteiger partial charge in [-0.3, -0.25) is 0 Å². The second-order valence-electron chi connectivity index (χ2n) is 4.98. The first-order valence-corrected chi connectivity index (χ1v) is 5.17. The van der Waals surface area contributed by atoms with Gasteiger partial charge in [0.25, 0.3) is 0 Å². The predicted octanol–water partition coefficient (Wildman–Crippen LogP) is 1.87. The predicted molar refractivity (Wildman–Crippen MR) is 54.0 cm³/mol. The van der Waals surface area contributed by atoms with Crippen LogP contribution >= 0.6 is 0 Å². The van der Waals surface area contributed by atoms with Gasteiger partial charge in [0.05, 0.1) is 11.6 Å². The SMILES string of the molecule is CON=C1C(C=O)CC2CC1C2(C)C. The summed E-state index contributed by atoms with van der Waals surface area (Å²) in [5, 5.41) is 4.04. The van der Waals surface area contributed by atoms with E-state index in [1.165, 1.54) is 6.42 Å². The van der Waals surface area contributed by atoms with Crippen molar-refractivity contribution < 1.29 is 9.63 Å². The highest BCUT2D eigenvalue weighted by atomic mass is 16.6. The van der Waals surface area contributed by atoms with Crippen LogP contribution in [0.4, 0.5) is 0 Å². The Kier molecular flexibility index (Phi) is 2.13. The highest BCUT2D eigenvalue weighted by Gasteiger charge is 2.56. The van der Waals surface area contributed by atoms with Crippen molar-refractivity contribution in [3.05, 3.63) is 0 Å². The van der Waals surface area contributed by atoms with E-state index in [1.807, 2.05) is 0 Å². The Hall–Kier alpha value is -0.860. The summed E-state index contributed by atoms with van der Waals surface area (Å²) in [4.78, 5) is 15.7. The molecular formula is C11H17NO2. The van der Waals surface area contributed by atoms with Gasteiger partial charge in [-0.05, 0) is 24.2 Å². The average molecular weight is 195 g/mol. The fourth-order valence-electron chi connectivity index (χ4n) is 2.97. The third-order valence-corrected chi connectivity index (χ3v) is 4.11. The van der Waals surface area contributed by atoms with Gasteiger partial charge in [-0.15, -0.1) is 0 Å². The summed E-state index contributed by atoms with van der Waals surface area (Å²) in [6.07, 6.45) is 3.15. The fourth-order valence-corrected chi connectivity index (χ4v) is 2.97. The van der Waals surface area contributed by atoms with Crippen LogP contribution < -0.4 is 0 Å². The average Bonchev–Trinajstić information content (AvgIpc) is 2.18. The van der Waals surface area contributed by atoms with Crippen LogP contribution in [0.25, 0.3) is 0 Å². The second kappa shape index (κ2) is 3.07. The van der Waals surface area contributed by atoms with Gasteiger partial charge in [0, 0.05) is 5.92 Å². The topological polar surface area (TPSA) is 38.7 Å². The van der Waals surface area contributed by atoms with Gasteiger partial charge in [-0.1, -0.05) is 19.0 Å². The molecule has 3 atom stereocenters. The maximum Gasteiger partial charge on any atom is 0.128 e. The lowest BCUT2D eigenvalue weighted by Gasteiger charge is -2.58. The number of hydrogen-bond acceptors (Lipinski definition) is 3. The number of fused-ring (bicyclic) bond motifs is 2. The minimum Gasteiger partial charge on any atom is -0.399 e. The van der Waals surface area contributed by atoms with Gasteiger partial charge in [0.2, 0.25) is 0 Å². The smallest absolute Gasteiger partial charge is 0.128 e. The van der Waals surface area contributed by atoms with E-state index in [0.717, 1.165) is 18.4 Å². The zero-order valence-electron chi connectivity index (χ0n) is 8.99. The standard InChI is InChI=1S/C11H17NO2/c1-11(2)8-4-7(6-13)10(12-14-3)9(11)5-8/h6-9H,4-5H2,1-3H3. The van der Waals surface area contributed by atoms with Gasteiger partial charge >= 0.3 is 0 Å². The van der Waals surface area contributed by atoms with E-state index in [9.17, 15) is 4.79 Å². The number of hydrogen-bond donors (Lipinski definition) is 0. The molecule has 3 heteroatoms. The van der Waals surface area contributed by atoms with Crippen LogP contribution in [-0.2, 0) is 9.63 Å². The van der Waals surface area contributed by atoms with Crippen molar-refractivity contribution in [1.82, 2.24) is 0 Å². The number of rotatable bonds is 2. The molecule has 78 valence electrons. The van der Waals surface area contributed by atoms with Gasteiger partial charge in [-0.2, -0.15) is 0 Å². The van der Waals surface area contributed by atoms with Gasteiger partial charge in [-0.25, -0.2) is 0 Å². The number of aldehydes is 1. The number of carbonyl (C=O) groups excluding carboxylic acids is 1.